The molecule has 0 aromatic rings. The zero-order valence-electron chi connectivity index (χ0n) is 11.1. The molecule has 0 radical (unpaired) electrons. The predicted octanol–water partition coefficient (Wildman–Crippen LogP) is 7.74. The first-order valence-electron chi connectivity index (χ1n) is 5.02. The molecule has 0 aromatic heterocycles. The smallest absolute Gasteiger partial charge is 0.0291 e. The van der Waals surface area contributed by atoms with Crippen LogP contribution in [-0.2, 0) is 0 Å². The Hall–Kier alpha value is 1.66. The number of halogens is 4. The second-order valence-corrected chi connectivity index (χ2v) is 7.31. The molecular weight excluding hydrogens is 476 g/mol. The summed E-state index contributed by atoms with van der Waals surface area (Å²) in [5, 5.41) is 1.02. The minimum absolute atomic E-state index is 0. The normalized spacial score (nSPS) is 11.9. The van der Waals surface area contributed by atoms with Crippen LogP contribution in [0.2, 0.25) is 0 Å². The van der Waals surface area contributed by atoms with E-state index in [1.807, 2.05) is 6.08 Å². The van der Waals surface area contributed by atoms with Crippen molar-refractivity contribution < 1.29 is 0 Å². The topological polar surface area (TPSA) is 0 Å². The molecular formula is C13H28Br4. The summed E-state index contributed by atoms with van der Waals surface area (Å²) in [5.74, 6) is 0. The average Bonchev–Trinajstić information content (AvgIpc) is 2.18. The van der Waals surface area contributed by atoms with Crippen LogP contribution in [0.1, 0.15) is 49.0 Å². The van der Waals surface area contributed by atoms with Gasteiger partial charge >= 0.3 is 0 Å². The molecule has 0 nitrogen and oxygen atoms in total. The van der Waals surface area contributed by atoms with Crippen LogP contribution in [-0.4, -0.2) is 10.2 Å². The number of alkyl halides is 2. The van der Waals surface area contributed by atoms with Gasteiger partial charge < -0.3 is 0 Å². The molecule has 0 N–H and O–H groups in total. The molecule has 0 fully saturated rings. The van der Waals surface area contributed by atoms with Crippen molar-refractivity contribution in [2.75, 3.05) is 5.33 Å². The van der Waals surface area contributed by atoms with E-state index in [2.05, 4.69) is 108 Å². The first-order chi connectivity index (χ1) is 7.04. The van der Waals surface area contributed by atoms with E-state index in [1.54, 1.807) is 0 Å². The molecule has 0 aliphatic carbocycles. The van der Waals surface area contributed by atoms with Crippen molar-refractivity contribution in [3.05, 3.63) is 12.7 Å². The van der Waals surface area contributed by atoms with E-state index in [1.165, 1.54) is 0 Å². The summed E-state index contributed by atoms with van der Waals surface area (Å²) in [5.41, 5.74) is 0.684. The van der Waals surface area contributed by atoms with Gasteiger partial charge in [0.05, 0.1) is 0 Å². The van der Waals surface area contributed by atoms with E-state index in [9.17, 15) is 0 Å². The van der Waals surface area contributed by atoms with Gasteiger partial charge in [0, 0.05) is 38.4 Å². The molecule has 0 aliphatic heterocycles. The second-order valence-electron chi connectivity index (χ2n) is 5.56. The standard InChI is InChI=1S/C6H12Br2.C6H12.CH4.Br2/c1-6(2,3)5(8)4-7;1-5-6(2,3)4;;1-2/h5H,4H2,1-3H3;5H,1H2,2-4H3;1H4;. The third kappa shape index (κ3) is 27.0. The minimum Gasteiger partial charge on any atom is -0.103 e. The zero-order chi connectivity index (χ0) is 14.0. The maximum Gasteiger partial charge on any atom is 0.0291 e. The maximum atomic E-state index is 3.63. The van der Waals surface area contributed by atoms with Gasteiger partial charge in [0.25, 0.3) is 0 Å². The van der Waals surface area contributed by atoms with Crippen LogP contribution >= 0.6 is 60.1 Å². The Kier molecular flexibility index (Phi) is 22.4. The van der Waals surface area contributed by atoms with E-state index in [0.717, 1.165) is 5.33 Å². The Morgan fingerprint density at radius 3 is 1.29 bits per heavy atom. The highest BCUT2D eigenvalue weighted by Gasteiger charge is 2.19. The summed E-state index contributed by atoms with van der Waals surface area (Å²) in [7, 11) is 0. The fourth-order valence-corrected chi connectivity index (χ4v) is 1.20. The largest absolute Gasteiger partial charge is 0.103 e. The lowest BCUT2D eigenvalue weighted by molar-refractivity contribution is 0.421. The van der Waals surface area contributed by atoms with Gasteiger partial charge in [0.2, 0.25) is 0 Å². The highest BCUT2D eigenvalue weighted by Crippen LogP contribution is 2.26. The third-order valence-corrected chi connectivity index (χ3v) is 4.90. The first-order valence-corrected chi connectivity index (χ1v) is 10.8. The van der Waals surface area contributed by atoms with Gasteiger partial charge in [-0.25, -0.2) is 0 Å². The van der Waals surface area contributed by atoms with Crippen molar-refractivity contribution in [3.8, 4) is 0 Å². The maximum absolute atomic E-state index is 3.63. The highest BCUT2D eigenvalue weighted by molar-refractivity contribution is 9.93. The zero-order valence-corrected chi connectivity index (χ0v) is 17.4. The van der Waals surface area contributed by atoms with Crippen molar-refractivity contribution in [2.24, 2.45) is 10.8 Å². The van der Waals surface area contributed by atoms with Gasteiger partial charge in [0.1, 0.15) is 0 Å². The van der Waals surface area contributed by atoms with Crippen molar-refractivity contribution >= 4 is 60.1 Å². The molecule has 0 heterocycles. The van der Waals surface area contributed by atoms with E-state index in [-0.39, 0.29) is 7.43 Å². The monoisotopic (exact) mass is 500 g/mol. The van der Waals surface area contributed by atoms with Crippen LogP contribution in [0.4, 0.5) is 0 Å². The molecule has 0 amide bonds. The Morgan fingerprint density at radius 1 is 1.06 bits per heavy atom. The second kappa shape index (κ2) is 14.1. The summed E-state index contributed by atoms with van der Waals surface area (Å²) in [4.78, 5) is 0.579. The van der Waals surface area contributed by atoms with Gasteiger partial charge in [-0.05, 0) is 10.8 Å². The number of hydrogen-bond donors (Lipinski definition) is 0. The molecule has 0 saturated heterocycles. The first kappa shape index (κ1) is 27.1. The van der Waals surface area contributed by atoms with E-state index in [0.29, 0.717) is 15.7 Å². The van der Waals surface area contributed by atoms with Crippen molar-refractivity contribution in [2.45, 2.75) is 53.8 Å². The fourth-order valence-electron chi connectivity index (χ4n) is 0.231. The lowest BCUT2D eigenvalue weighted by atomic mass is 9.93. The Bertz CT molecular complexity index is 154. The summed E-state index contributed by atoms with van der Waals surface area (Å²) in [6.45, 7) is 16.7. The molecule has 108 valence electrons. The quantitative estimate of drug-likeness (QED) is 0.253. The fraction of sp³-hybridized carbons (Fsp3) is 0.846. The third-order valence-electron chi connectivity index (χ3n) is 1.69. The van der Waals surface area contributed by atoms with Crippen LogP contribution in [0.5, 0.6) is 0 Å². The van der Waals surface area contributed by atoms with Gasteiger partial charge in [-0.2, -0.15) is 0 Å². The molecule has 1 atom stereocenters. The van der Waals surface area contributed by atoms with Crippen molar-refractivity contribution in [3.63, 3.8) is 0 Å². The van der Waals surface area contributed by atoms with Crippen LogP contribution in [0.3, 0.4) is 0 Å². The van der Waals surface area contributed by atoms with Crippen molar-refractivity contribution in [1.29, 1.82) is 0 Å². The molecule has 0 aromatic carbocycles. The minimum atomic E-state index is 0. The molecule has 0 rings (SSSR count). The number of rotatable bonds is 1. The molecule has 4 heteroatoms. The number of hydrogen-bond acceptors (Lipinski definition) is 0. The summed E-state index contributed by atoms with van der Waals surface area (Å²) >= 11 is 12.5. The van der Waals surface area contributed by atoms with Gasteiger partial charge in [-0.1, -0.05) is 86.9 Å². The van der Waals surface area contributed by atoms with Gasteiger partial charge in [-0.15, -0.1) is 6.58 Å². The van der Waals surface area contributed by atoms with Crippen LogP contribution < -0.4 is 0 Å². The Morgan fingerprint density at radius 2 is 1.29 bits per heavy atom. The van der Waals surface area contributed by atoms with Crippen LogP contribution in [0, 0.1) is 10.8 Å². The SMILES string of the molecule is BrBr.C.C=CC(C)(C)C.CC(C)(C)C(Br)CBr. The summed E-state index contributed by atoms with van der Waals surface area (Å²) < 4.78 is 0. The lowest BCUT2D eigenvalue weighted by Crippen LogP contribution is -2.20. The van der Waals surface area contributed by atoms with Crippen LogP contribution in [0.25, 0.3) is 0 Å². The molecule has 0 saturated carbocycles. The van der Waals surface area contributed by atoms with Crippen LogP contribution in [0.15, 0.2) is 12.7 Å². The van der Waals surface area contributed by atoms with E-state index >= 15 is 0 Å². The molecule has 0 bridgehead atoms. The number of allylic oxidation sites excluding steroid dienone is 1. The lowest BCUT2D eigenvalue weighted by Gasteiger charge is -2.22. The predicted molar refractivity (Wildman–Crippen MR) is 100 cm³/mol. The highest BCUT2D eigenvalue weighted by atomic mass is 80.9. The summed E-state index contributed by atoms with van der Waals surface area (Å²) in [6.07, 6.45) is 1.94. The molecule has 1 unspecified atom stereocenters. The Balaban J connectivity index is -0.0000000844. The molecule has 17 heavy (non-hydrogen) atoms. The summed E-state index contributed by atoms with van der Waals surface area (Å²) in [6, 6.07) is 0. The van der Waals surface area contributed by atoms with E-state index in [4.69, 9.17) is 0 Å². The van der Waals surface area contributed by atoms with Crippen molar-refractivity contribution in [1.82, 2.24) is 0 Å². The molecule has 0 aliphatic rings. The Labute approximate surface area is 141 Å². The molecule has 0 spiro atoms. The van der Waals surface area contributed by atoms with Gasteiger partial charge in [-0.3, -0.25) is 0 Å². The average molecular weight is 504 g/mol. The van der Waals surface area contributed by atoms with Gasteiger partial charge in [0.15, 0.2) is 0 Å². The van der Waals surface area contributed by atoms with E-state index < -0.39 is 0 Å².